The zero-order chi connectivity index (χ0) is 22.0. The minimum atomic E-state index is -4.53. The van der Waals surface area contributed by atoms with E-state index in [1.165, 1.54) is 0 Å². The molecule has 0 aromatic heterocycles. The van der Waals surface area contributed by atoms with Crippen molar-refractivity contribution in [3.8, 4) is 0 Å². The molecule has 150 valence electrons. The van der Waals surface area contributed by atoms with Crippen LogP contribution in [0.4, 0.5) is 0 Å². The van der Waals surface area contributed by atoms with Crippen molar-refractivity contribution in [1.82, 2.24) is 0 Å². The SMILES string of the molecule is O=C(O)CC(=O)[N+](=O)[O][Al]([O]C(=O)CC(=O)[N+](=O)[O-])[O][N+](=O)C(=O)CC(=O)O. The molecule has 0 aliphatic rings. The Kier molecular flexibility index (Phi) is 9.48. The van der Waals surface area contributed by atoms with E-state index in [1.807, 2.05) is 0 Å². The van der Waals surface area contributed by atoms with Crippen molar-refractivity contribution in [2.45, 2.75) is 19.3 Å². The zero-order valence-electron chi connectivity index (χ0n) is 13.2. The van der Waals surface area contributed by atoms with E-state index < -0.39 is 84.8 Å². The number of rotatable bonds is 11. The van der Waals surface area contributed by atoms with Crippen LogP contribution in [0.15, 0.2) is 0 Å². The van der Waals surface area contributed by atoms with Gasteiger partial charge in [0, 0.05) is 0 Å². The smallest absolute Gasteiger partial charge is 0.546 e. The topological polar surface area (TPSA) is 254 Å². The summed E-state index contributed by atoms with van der Waals surface area (Å²) in [5.41, 5.74) is 0. The molecular weight excluding hydrogens is 417 g/mol. The molecule has 18 nitrogen and oxygen atoms in total. The van der Waals surface area contributed by atoms with Gasteiger partial charge in [0.05, 0.1) is 9.81 Å². The molecule has 2 N–H and O–H groups in total. The van der Waals surface area contributed by atoms with Crippen molar-refractivity contribution in [3.05, 3.63) is 19.9 Å². The lowest BCUT2D eigenvalue weighted by Crippen LogP contribution is -2.40. The molecule has 0 heterocycles. The number of carbonyl (C=O) groups excluding carboxylic acids is 4. The first kappa shape index (κ1) is 24.2. The first-order valence-corrected chi connectivity index (χ1v) is 7.88. The maximum atomic E-state index is 11.4. The van der Waals surface area contributed by atoms with E-state index in [1.54, 1.807) is 0 Å². The van der Waals surface area contributed by atoms with Crippen LogP contribution in [0.3, 0.4) is 0 Å². The fourth-order valence-electron chi connectivity index (χ4n) is 1.06. The predicted molar refractivity (Wildman–Crippen MR) is 72.4 cm³/mol. The predicted octanol–water partition coefficient (Wildman–Crippen LogP) is -2.87. The third-order valence-electron chi connectivity index (χ3n) is 2.10. The number of amides is 3. The average molecular weight is 425 g/mol. The standard InChI is InChI=1S/3C3H3NO5.Al/c3*5-2(4(8)9)1-3(6)7;/h3*1H2,(H,6,7);/q;;;+3/p-1. The first-order valence-electron chi connectivity index (χ1n) is 6.47. The number of nitro groups is 1. The molecule has 19 heteroatoms. The highest BCUT2D eigenvalue weighted by Gasteiger charge is 2.63. The van der Waals surface area contributed by atoms with Crippen molar-refractivity contribution >= 4 is 50.8 Å². The number of carboxylic acid groups (broad SMARTS) is 2. The molecule has 0 aliphatic heterocycles. The molecule has 0 bridgehead atoms. The van der Waals surface area contributed by atoms with Crippen LogP contribution in [-0.2, 0) is 40.3 Å². The molecule has 0 aromatic rings. The van der Waals surface area contributed by atoms with Gasteiger partial charge in [0.2, 0.25) is 0 Å². The van der Waals surface area contributed by atoms with Crippen LogP contribution in [0.5, 0.6) is 0 Å². The van der Waals surface area contributed by atoms with Crippen LogP contribution in [0, 0.1) is 19.9 Å². The van der Waals surface area contributed by atoms with Gasteiger partial charge in [-0.05, 0) is 0 Å². The number of carboxylic acids is 2. The van der Waals surface area contributed by atoms with Crippen molar-refractivity contribution < 1.29 is 65.3 Å². The molecule has 0 atom stereocenters. The molecule has 0 spiro atoms. The highest BCUT2D eigenvalue weighted by atomic mass is 27.3. The summed E-state index contributed by atoms with van der Waals surface area (Å²) in [6.07, 6.45) is -4.33. The Morgan fingerprint density at radius 3 is 1.46 bits per heavy atom. The van der Waals surface area contributed by atoms with Crippen LogP contribution in [-0.4, -0.2) is 75.8 Å². The Morgan fingerprint density at radius 2 is 1.14 bits per heavy atom. The summed E-state index contributed by atoms with van der Waals surface area (Å²) in [5, 5.41) is 26.9. The van der Waals surface area contributed by atoms with Crippen LogP contribution in [0.2, 0.25) is 0 Å². The summed E-state index contributed by atoms with van der Waals surface area (Å²) in [5.74, 6) is -10.7. The van der Waals surface area contributed by atoms with Gasteiger partial charge in [-0.25, -0.2) is 14.4 Å². The van der Waals surface area contributed by atoms with E-state index in [2.05, 4.69) is 11.6 Å². The Labute approximate surface area is 156 Å². The minimum Gasteiger partial charge on any atom is -0.546 e. The van der Waals surface area contributed by atoms with Gasteiger partial charge in [0.15, 0.2) is 19.3 Å². The molecule has 0 rings (SSSR count). The van der Waals surface area contributed by atoms with Crippen LogP contribution >= 0.6 is 0 Å². The number of carbonyl (C=O) groups is 6. The summed E-state index contributed by atoms with van der Waals surface area (Å²) in [4.78, 5) is 94.2. The maximum Gasteiger partial charge on any atom is 1.32 e. The summed E-state index contributed by atoms with van der Waals surface area (Å²) >= 11 is -4.53. The molecule has 0 saturated carbocycles. The molecule has 0 saturated heterocycles. The highest BCUT2D eigenvalue weighted by molar-refractivity contribution is 6.38. The monoisotopic (exact) mass is 425 g/mol. The van der Waals surface area contributed by atoms with Crippen LogP contribution in [0.1, 0.15) is 19.3 Å². The third-order valence-corrected chi connectivity index (χ3v) is 3.29. The van der Waals surface area contributed by atoms with Crippen molar-refractivity contribution in [2.24, 2.45) is 0 Å². The maximum absolute atomic E-state index is 11.4. The highest BCUT2D eigenvalue weighted by Crippen LogP contribution is 2.02. The van der Waals surface area contributed by atoms with Crippen LogP contribution in [0.25, 0.3) is 0 Å². The van der Waals surface area contributed by atoms with Gasteiger partial charge in [0.1, 0.15) is 4.92 Å². The fraction of sp³-hybridized carbons (Fsp3) is 0.333. The van der Waals surface area contributed by atoms with E-state index in [4.69, 9.17) is 10.2 Å². The lowest BCUT2D eigenvalue weighted by atomic mass is 10.4. The van der Waals surface area contributed by atoms with Gasteiger partial charge in [-0.1, -0.05) is 0 Å². The Balaban J connectivity index is 5.22. The van der Waals surface area contributed by atoms with Gasteiger partial charge < -0.3 is 14.0 Å². The molecule has 0 unspecified atom stereocenters. The average Bonchev–Trinajstić information content (AvgIpc) is 2.52. The normalized spacial score (nSPS) is 9.43. The Bertz CT molecular complexity index is 718. The number of hydrogen-bond acceptors (Lipinski definition) is 13. The minimum absolute atomic E-state index is 1.07. The summed E-state index contributed by atoms with van der Waals surface area (Å²) in [6, 6.07) is 0. The Hall–Kier alpha value is -3.85. The summed E-state index contributed by atoms with van der Waals surface area (Å²) in [6.45, 7) is 0. The van der Waals surface area contributed by atoms with Gasteiger partial charge >= 0.3 is 44.8 Å². The molecule has 3 amide bonds. The van der Waals surface area contributed by atoms with E-state index in [-0.39, 0.29) is 0 Å². The second-order valence-electron chi connectivity index (χ2n) is 4.26. The fourth-order valence-corrected chi connectivity index (χ4v) is 2.03. The lowest BCUT2D eigenvalue weighted by Gasteiger charge is -2.01. The third kappa shape index (κ3) is 9.59. The number of nitrogens with zero attached hydrogens (tertiary/aromatic N) is 3. The number of aliphatic carboxylic acids is 2. The largest absolute Gasteiger partial charge is 1.32 e. The van der Waals surface area contributed by atoms with E-state index in [0.29, 0.717) is 0 Å². The number of hydrogen-bond donors (Lipinski definition) is 2. The Morgan fingerprint density at radius 1 is 0.750 bits per heavy atom. The molecule has 0 aromatic carbocycles. The molecular formula is C9H8AlN3O15+2. The molecule has 0 fully saturated rings. The molecule has 0 radical (unpaired) electrons. The van der Waals surface area contributed by atoms with E-state index >= 15 is 0 Å². The summed E-state index contributed by atoms with van der Waals surface area (Å²) in [7, 11) is 0. The van der Waals surface area contributed by atoms with E-state index in [0.717, 1.165) is 0 Å². The van der Waals surface area contributed by atoms with Gasteiger partial charge in [-0.2, -0.15) is 0 Å². The van der Waals surface area contributed by atoms with E-state index in [9.17, 15) is 48.7 Å². The molecule has 28 heavy (non-hydrogen) atoms. The quantitative estimate of drug-likeness (QED) is 0.146. The second-order valence-corrected chi connectivity index (χ2v) is 5.49. The van der Waals surface area contributed by atoms with Gasteiger partial charge in [-0.15, -0.1) is 0 Å². The first-order chi connectivity index (χ1) is 12.8. The lowest BCUT2D eigenvalue weighted by molar-refractivity contribution is -0.743. The van der Waals surface area contributed by atoms with Crippen molar-refractivity contribution in [3.63, 3.8) is 0 Å². The summed E-state index contributed by atoms with van der Waals surface area (Å²) < 4.78 is 12.3. The van der Waals surface area contributed by atoms with Crippen molar-refractivity contribution in [1.29, 1.82) is 0 Å². The molecule has 0 aliphatic carbocycles. The second kappa shape index (κ2) is 11.0. The van der Waals surface area contributed by atoms with Crippen LogP contribution < -0.4 is 0 Å². The van der Waals surface area contributed by atoms with Crippen molar-refractivity contribution in [2.75, 3.05) is 0 Å². The zero-order valence-corrected chi connectivity index (χ0v) is 14.4. The van der Waals surface area contributed by atoms with Gasteiger partial charge in [-0.3, -0.25) is 32.3 Å². The van der Waals surface area contributed by atoms with Gasteiger partial charge in [0.25, 0.3) is 15.8 Å².